The number of aryl methyl sites for hydroxylation is 1. The Balaban J connectivity index is 2.01. The molecule has 1 aromatic heterocycles. The molecule has 1 atom stereocenters. The molecule has 0 bridgehead atoms. The van der Waals surface area contributed by atoms with Gasteiger partial charge in [-0.15, -0.1) is 0 Å². The molecule has 0 spiro atoms. The van der Waals surface area contributed by atoms with Crippen LogP contribution in [0.4, 0.5) is 0 Å². The molecular formula is C16H17BrN2O3. The van der Waals surface area contributed by atoms with Crippen LogP contribution in [-0.4, -0.2) is 29.3 Å². The third kappa shape index (κ3) is 2.52. The minimum absolute atomic E-state index is 0.256. The van der Waals surface area contributed by atoms with Gasteiger partial charge in [0, 0.05) is 22.0 Å². The van der Waals surface area contributed by atoms with Gasteiger partial charge in [0.05, 0.1) is 0 Å². The molecule has 116 valence electrons. The first-order valence-electron chi connectivity index (χ1n) is 7.28. The predicted octanol–water partition coefficient (Wildman–Crippen LogP) is 2.98. The largest absolute Gasteiger partial charge is 0.451 e. The van der Waals surface area contributed by atoms with Crippen LogP contribution in [-0.2, 0) is 4.79 Å². The van der Waals surface area contributed by atoms with E-state index >= 15 is 0 Å². The van der Waals surface area contributed by atoms with E-state index in [0.717, 1.165) is 28.3 Å². The van der Waals surface area contributed by atoms with E-state index in [4.69, 9.17) is 10.2 Å². The van der Waals surface area contributed by atoms with Crippen LogP contribution in [0.15, 0.2) is 27.1 Å². The lowest BCUT2D eigenvalue weighted by molar-refractivity contribution is -0.123. The number of halogens is 1. The van der Waals surface area contributed by atoms with Crippen molar-refractivity contribution < 1.29 is 14.0 Å². The van der Waals surface area contributed by atoms with Gasteiger partial charge in [-0.3, -0.25) is 9.59 Å². The standard InChI is InChI=1S/C16H17BrN2O3/c1-9-11-8-10(17)5-6-13(11)22-14(9)16(21)19-7-3-2-4-12(19)15(18)20/h5-6,8,12H,2-4,7H2,1H3,(H2,18,20). The Kier molecular flexibility index (Phi) is 3.95. The van der Waals surface area contributed by atoms with Crippen LogP contribution in [0.5, 0.6) is 0 Å². The lowest BCUT2D eigenvalue weighted by Crippen LogP contribution is -2.50. The number of hydrogen-bond acceptors (Lipinski definition) is 3. The third-order valence-electron chi connectivity index (χ3n) is 4.18. The molecule has 6 heteroatoms. The number of rotatable bonds is 2. The molecule has 1 aliphatic heterocycles. The van der Waals surface area contributed by atoms with Crippen molar-refractivity contribution in [3.8, 4) is 0 Å². The average molecular weight is 365 g/mol. The first-order valence-corrected chi connectivity index (χ1v) is 8.07. The Labute approximate surface area is 136 Å². The summed E-state index contributed by atoms with van der Waals surface area (Å²) < 4.78 is 6.66. The molecule has 1 saturated heterocycles. The highest BCUT2D eigenvalue weighted by atomic mass is 79.9. The number of benzene rings is 1. The van der Waals surface area contributed by atoms with E-state index in [1.807, 2.05) is 25.1 Å². The number of primary amides is 1. The molecule has 1 aliphatic rings. The number of hydrogen-bond donors (Lipinski definition) is 1. The monoisotopic (exact) mass is 364 g/mol. The fourth-order valence-corrected chi connectivity index (χ4v) is 3.36. The average Bonchev–Trinajstić information content (AvgIpc) is 2.83. The Morgan fingerprint density at radius 3 is 2.86 bits per heavy atom. The van der Waals surface area contributed by atoms with Gasteiger partial charge in [0.15, 0.2) is 5.76 Å². The van der Waals surface area contributed by atoms with Crippen molar-refractivity contribution in [3.63, 3.8) is 0 Å². The molecule has 0 saturated carbocycles. The van der Waals surface area contributed by atoms with Crippen LogP contribution >= 0.6 is 15.9 Å². The zero-order chi connectivity index (χ0) is 15.9. The van der Waals surface area contributed by atoms with E-state index in [1.165, 1.54) is 0 Å². The summed E-state index contributed by atoms with van der Waals surface area (Å²) in [6.07, 6.45) is 2.40. The van der Waals surface area contributed by atoms with Gasteiger partial charge in [0.25, 0.3) is 5.91 Å². The lowest BCUT2D eigenvalue weighted by Gasteiger charge is -2.33. The molecule has 2 N–H and O–H groups in total. The SMILES string of the molecule is Cc1c(C(=O)N2CCCCC2C(N)=O)oc2ccc(Br)cc12. The number of carbonyl (C=O) groups is 2. The zero-order valence-electron chi connectivity index (χ0n) is 12.3. The summed E-state index contributed by atoms with van der Waals surface area (Å²) in [5.74, 6) is -0.417. The number of amides is 2. The zero-order valence-corrected chi connectivity index (χ0v) is 13.9. The molecule has 0 radical (unpaired) electrons. The van der Waals surface area contributed by atoms with Gasteiger partial charge >= 0.3 is 0 Å². The summed E-state index contributed by atoms with van der Waals surface area (Å²) in [6, 6.07) is 5.07. The summed E-state index contributed by atoms with van der Waals surface area (Å²) in [5.41, 5.74) is 6.89. The fourth-order valence-electron chi connectivity index (χ4n) is 3.00. The molecule has 0 aliphatic carbocycles. The molecule has 2 amide bonds. The van der Waals surface area contributed by atoms with Gasteiger partial charge in [-0.25, -0.2) is 0 Å². The number of nitrogens with zero attached hydrogens (tertiary/aromatic N) is 1. The van der Waals surface area contributed by atoms with Gasteiger partial charge in [-0.2, -0.15) is 0 Å². The van der Waals surface area contributed by atoms with E-state index in [-0.39, 0.29) is 5.91 Å². The normalized spacial score (nSPS) is 18.6. The second-order valence-electron chi connectivity index (χ2n) is 5.61. The second-order valence-corrected chi connectivity index (χ2v) is 6.52. The Bertz CT molecular complexity index is 753. The summed E-state index contributed by atoms with van der Waals surface area (Å²) in [7, 11) is 0. The number of furan rings is 1. The van der Waals surface area contributed by atoms with E-state index in [0.29, 0.717) is 24.3 Å². The van der Waals surface area contributed by atoms with E-state index in [2.05, 4.69) is 15.9 Å². The van der Waals surface area contributed by atoms with Crippen molar-refractivity contribution in [1.29, 1.82) is 0 Å². The molecule has 3 rings (SSSR count). The quantitative estimate of drug-likeness (QED) is 0.889. The van der Waals surface area contributed by atoms with Crippen molar-refractivity contribution in [1.82, 2.24) is 4.90 Å². The first kappa shape index (κ1) is 15.1. The number of fused-ring (bicyclic) bond motifs is 1. The summed E-state index contributed by atoms with van der Waals surface area (Å²) in [5, 5.41) is 0.894. The predicted molar refractivity (Wildman–Crippen MR) is 86.5 cm³/mol. The summed E-state index contributed by atoms with van der Waals surface area (Å²) in [6.45, 7) is 2.39. The van der Waals surface area contributed by atoms with Crippen LogP contribution in [0.3, 0.4) is 0 Å². The van der Waals surface area contributed by atoms with Crippen LogP contribution in [0.1, 0.15) is 35.4 Å². The number of piperidine rings is 1. The van der Waals surface area contributed by atoms with Crippen LogP contribution in [0.2, 0.25) is 0 Å². The topological polar surface area (TPSA) is 76.5 Å². The van der Waals surface area contributed by atoms with Gasteiger partial charge in [-0.1, -0.05) is 15.9 Å². The highest BCUT2D eigenvalue weighted by molar-refractivity contribution is 9.10. The highest BCUT2D eigenvalue weighted by Gasteiger charge is 2.33. The lowest BCUT2D eigenvalue weighted by atomic mass is 10.0. The summed E-state index contributed by atoms with van der Waals surface area (Å²) >= 11 is 3.42. The van der Waals surface area contributed by atoms with Crippen molar-refractivity contribution in [2.45, 2.75) is 32.2 Å². The van der Waals surface area contributed by atoms with Gasteiger partial charge in [0.1, 0.15) is 11.6 Å². The van der Waals surface area contributed by atoms with E-state index in [1.54, 1.807) is 4.90 Å². The number of nitrogens with two attached hydrogens (primary N) is 1. The van der Waals surface area contributed by atoms with Crippen molar-refractivity contribution in [3.05, 3.63) is 34.0 Å². The first-order chi connectivity index (χ1) is 10.5. The molecule has 2 heterocycles. The molecule has 22 heavy (non-hydrogen) atoms. The van der Waals surface area contributed by atoms with E-state index < -0.39 is 11.9 Å². The Morgan fingerprint density at radius 1 is 1.36 bits per heavy atom. The Morgan fingerprint density at radius 2 is 2.14 bits per heavy atom. The van der Waals surface area contributed by atoms with Gasteiger partial charge in [-0.05, 0) is 44.4 Å². The summed E-state index contributed by atoms with van der Waals surface area (Å²) in [4.78, 5) is 25.9. The van der Waals surface area contributed by atoms with Crippen molar-refractivity contribution in [2.75, 3.05) is 6.54 Å². The van der Waals surface area contributed by atoms with E-state index in [9.17, 15) is 9.59 Å². The maximum Gasteiger partial charge on any atom is 0.290 e. The van der Waals surface area contributed by atoms with Crippen molar-refractivity contribution >= 4 is 38.7 Å². The minimum Gasteiger partial charge on any atom is -0.451 e. The molecule has 1 fully saturated rings. The van der Waals surface area contributed by atoms with Crippen LogP contribution in [0, 0.1) is 6.92 Å². The number of likely N-dealkylation sites (tertiary alicyclic amines) is 1. The maximum absolute atomic E-state index is 12.8. The van der Waals surface area contributed by atoms with Crippen LogP contribution in [0.25, 0.3) is 11.0 Å². The second kappa shape index (κ2) is 5.76. The maximum atomic E-state index is 12.8. The minimum atomic E-state index is -0.541. The van der Waals surface area contributed by atoms with Crippen LogP contribution < -0.4 is 5.73 Å². The van der Waals surface area contributed by atoms with Gasteiger partial charge < -0.3 is 15.1 Å². The van der Waals surface area contributed by atoms with Gasteiger partial charge in [0.2, 0.25) is 5.91 Å². The highest BCUT2D eigenvalue weighted by Crippen LogP contribution is 2.30. The molecule has 5 nitrogen and oxygen atoms in total. The Hall–Kier alpha value is -1.82. The molecule has 1 unspecified atom stereocenters. The smallest absolute Gasteiger partial charge is 0.290 e. The van der Waals surface area contributed by atoms with Crippen molar-refractivity contribution in [2.24, 2.45) is 5.73 Å². The fraction of sp³-hybridized carbons (Fsp3) is 0.375. The molecule has 1 aromatic carbocycles. The number of carbonyl (C=O) groups excluding carboxylic acids is 2. The molecular weight excluding hydrogens is 348 g/mol. The third-order valence-corrected chi connectivity index (χ3v) is 4.68. The molecule has 2 aromatic rings.